The van der Waals surface area contributed by atoms with Crippen LogP contribution < -0.4 is 11.5 Å². The van der Waals surface area contributed by atoms with E-state index >= 15 is 0 Å². The summed E-state index contributed by atoms with van der Waals surface area (Å²) in [6, 6.07) is 8.39. The molecule has 3 rings (SSSR count). The number of aryl methyl sites for hydroxylation is 2. The number of rotatable bonds is 3. The molecule has 0 atom stereocenters. The molecule has 4 N–H and O–H groups in total. The van der Waals surface area contributed by atoms with Crippen LogP contribution in [0.2, 0.25) is 0 Å². The maximum atomic E-state index is 13.2. The van der Waals surface area contributed by atoms with Gasteiger partial charge in [-0.3, -0.25) is 0 Å². The Kier molecular flexibility index (Phi) is 3.35. The van der Waals surface area contributed by atoms with Gasteiger partial charge in [0.1, 0.15) is 41.1 Å². The molecule has 0 unspecified atom stereocenters. The lowest BCUT2D eigenvalue weighted by atomic mass is 10.1. The highest BCUT2D eigenvalue weighted by Crippen LogP contribution is 2.29. The first kappa shape index (κ1) is 13.8. The van der Waals surface area contributed by atoms with Gasteiger partial charge in [-0.25, -0.2) is 14.4 Å². The molecule has 1 aromatic carbocycles. The number of nitriles is 1. The van der Waals surface area contributed by atoms with E-state index in [9.17, 15) is 9.65 Å². The van der Waals surface area contributed by atoms with E-state index in [1.165, 1.54) is 18.5 Å². The third-order valence-corrected chi connectivity index (χ3v) is 3.53. The predicted octanol–water partition coefficient (Wildman–Crippen LogP) is 1.85. The second kappa shape index (κ2) is 5.33. The van der Waals surface area contributed by atoms with Crippen LogP contribution in [-0.4, -0.2) is 14.5 Å². The molecule has 6 nitrogen and oxygen atoms in total. The van der Waals surface area contributed by atoms with E-state index in [4.69, 9.17) is 11.5 Å². The summed E-state index contributed by atoms with van der Waals surface area (Å²) in [7, 11) is 0. The average Bonchev–Trinajstić information content (AvgIpc) is 2.78. The van der Waals surface area contributed by atoms with Gasteiger partial charge in [0.15, 0.2) is 0 Å². The number of benzene rings is 1. The Morgan fingerprint density at radius 1 is 1.27 bits per heavy atom. The number of hydrogen-bond donors (Lipinski definition) is 2. The maximum absolute atomic E-state index is 13.2. The first-order valence-electron chi connectivity index (χ1n) is 6.64. The Balaban J connectivity index is 2.03. The molecule has 22 heavy (non-hydrogen) atoms. The standard InChI is InChI=1S/C15H13FN6/c16-10-3-1-2-9(6-10)4-5-22-14(19)11(7-17)12-13(18)20-8-21-15(12)22/h1-3,6,8H,4-5,19H2,(H2,18,20,21). The highest BCUT2D eigenvalue weighted by Gasteiger charge is 2.18. The van der Waals surface area contributed by atoms with Crippen LogP contribution >= 0.6 is 0 Å². The first-order chi connectivity index (χ1) is 10.6. The van der Waals surface area contributed by atoms with Crippen molar-refractivity contribution in [3.63, 3.8) is 0 Å². The van der Waals surface area contributed by atoms with E-state index in [1.54, 1.807) is 10.6 Å². The normalized spacial score (nSPS) is 10.7. The zero-order valence-electron chi connectivity index (χ0n) is 11.6. The molecule has 2 aromatic heterocycles. The first-order valence-corrected chi connectivity index (χ1v) is 6.64. The Labute approximate surface area is 125 Å². The minimum atomic E-state index is -0.285. The summed E-state index contributed by atoms with van der Waals surface area (Å²) in [5.41, 5.74) is 13.5. The van der Waals surface area contributed by atoms with Crippen molar-refractivity contribution in [2.45, 2.75) is 13.0 Å². The average molecular weight is 296 g/mol. The van der Waals surface area contributed by atoms with Crippen molar-refractivity contribution in [3.8, 4) is 6.07 Å². The molecule has 0 amide bonds. The van der Waals surface area contributed by atoms with E-state index in [0.29, 0.717) is 29.8 Å². The number of nitrogens with zero attached hydrogens (tertiary/aromatic N) is 4. The third-order valence-electron chi connectivity index (χ3n) is 3.53. The molecular formula is C15H13FN6. The summed E-state index contributed by atoms with van der Waals surface area (Å²) in [6.07, 6.45) is 1.89. The van der Waals surface area contributed by atoms with Crippen molar-refractivity contribution >= 4 is 22.7 Å². The van der Waals surface area contributed by atoms with Crippen molar-refractivity contribution in [1.82, 2.24) is 14.5 Å². The molecule has 0 radical (unpaired) electrons. The van der Waals surface area contributed by atoms with Crippen molar-refractivity contribution in [3.05, 3.63) is 47.5 Å². The Bertz CT molecular complexity index is 893. The summed E-state index contributed by atoms with van der Waals surface area (Å²) < 4.78 is 14.9. The monoisotopic (exact) mass is 296 g/mol. The lowest BCUT2D eigenvalue weighted by Crippen LogP contribution is -2.06. The summed E-state index contributed by atoms with van der Waals surface area (Å²) in [5, 5.41) is 9.73. The smallest absolute Gasteiger partial charge is 0.148 e. The van der Waals surface area contributed by atoms with Crippen molar-refractivity contribution < 1.29 is 4.39 Å². The number of halogens is 1. The predicted molar refractivity (Wildman–Crippen MR) is 81.2 cm³/mol. The van der Waals surface area contributed by atoms with Crippen molar-refractivity contribution in [2.24, 2.45) is 0 Å². The molecule has 0 bridgehead atoms. The van der Waals surface area contributed by atoms with E-state index in [1.807, 2.05) is 12.1 Å². The number of hydrogen-bond acceptors (Lipinski definition) is 5. The Morgan fingerprint density at radius 2 is 2.09 bits per heavy atom. The Morgan fingerprint density at radius 3 is 2.82 bits per heavy atom. The molecule has 0 aliphatic heterocycles. The highest BCUT2D eigenvalue weighted by molar-refractivity contribution is 5.96. The third kappa shape index (κ3) is 2.20. The zero-order valence-corrected chi connectivity index (χ0v) is 11.6. The summed E-state index contributed by atoms with van der Waals surface area (Å²) >= 11 is 0. The lowest BCUT2D eigenvalue weighted by molar-refractivity contribution is 0.623. The quantitative estimate of drug-likeness (QED) is 0.767. The minimum Gasteiger partial charge on any atom is -0.384 e. The van der Waals surface area contributed by atoms with Crippen molar-refractivity contribution in [2.75, 3.05) is 11.5 Å². The molecule has 0 spiro atoms. The van der Waals surface area contributed by atoms with Crippen LogP contribution in [0.1, 0.15) is 11.1 Å². The van der Waals surface area contributed by atoms with E-state index < -0.39 is 0 Å². The molecule has 0 saturated heterocycles. The number of aromatic nitrogens is 3. The van der Waals surface area contributed by atoms with Gasteiger partial charge in [0.2, 0.25) is 0 Å². The lowest BCUT2D eigenvalue weighted by Gasteiger charge is -2.07. The van der Waals surface area contributed by atoms with Gasteiger partial charge >= 0.3 is 0 Å². The van der Waals surface area contributed by atoms with Gasteiger partial charge in [-0.05, 0) is 24.1 Å². The summed E-state index contributed by atoms with van der Waals surface area (Å²) in [6.45, 7) is 0.462. The molecule has 0 aliphatic rings. The molecule has 7 heteroatoms. The van der Waals surface area contributed by atoms with Crippen molar-refractivity contribution in [1.29, 1.82) is 5.26 Å². The molecular weight excluding hydrogens is 283 g/mol. The second-order valence-corrected chi connectivity index (χ2v) is 4.86. The van der Waals surface area contributed by atoms with Gasteiger partial charge in [-0.2, -0.15) is 5.26 Å². The van der Waals surface area contributed by atoms with E-state index in [-0.39, 0.29) is 17.2 Å². The van der Waals surface area contributed by atoms with Crippen LogP contribution in [-0.2, 0) is 13.0 Å². The van der Waals surface area contributed by atoms with Crippen LogP contribution in [0.5, 0.6) is 0 Å². The fourth-order valence-electron chi connectivity index (χ4n) is 2.48. The number of anilines is 2. The van der Waals surface area contributed by atoms with Gasteiger partial charge in [0, 0.05) is 6.54 Å². The SMILES string of the molecule is N#Cc1c(N)n(CCc2cccc(F)c2)c2ncnc(N)c12. The minimum absolute atomic E-state index is 0.220. The van der Waals surface area contributed by atoms with Crippen LogP contribution in [0.3, 0.4) is 0 Å². The molecule has 110 valence electrons. The van der Waals surface area contributed by atoms with Gasteiger partial charge in [0.25, 0.3) is 0 Å². The van der Waals surface area contributed by atoms with Crippen LogP contribution in [0.4, 0.5) is 16.0 Å². The number of nitrogen functional groups attached to an aromatic ring is 2. The van der Waals surface area contributed by atoms with Crippen LogP contribution in [0.15, 0.2) is 30.6 Å². The summed E-state index contributed by atoms with van der Waals surface area (Å²) in [4.78, 5) is 8.07. The fourth-order valence-corrected chi connectivity index (χ4v) is 2.48. The molecule has 0 aliphatic carbocycles. The van der Waals surface area contributed by atoms with Gasteiger partial charge < -0.3 is 16.0 Å². The van der Waals surface area contributed by atoms with Crippen LogP contribution in [0, 0.1) is 17.1 Å². The van der Waals surface area contributed by atoms with Gasteiger partial charge in [-0.1, -0.05) is 12.1 Å². The molecule has 0 saturated carbocycles. The van der Waals surface area contributed by atoms with Crippen LogP contribution in [0.25, 0.3) is 11.0 Å². The van der Waals surface area contributed by atoms with Gasteiger partial charge in [0.05, 0.1) is 5.39 Å². The topological polar surface area (TPSA) is 107 Å². The van der Waals surface area contributed by atoms with Gasteiger partial charge in [-0.15, -0.1) is 0 Å². The largest absolute Gasteiger partial charge is 0.384 e. The highest BCUT2D eigenvalue weighted by atomic mass is 19.1. The number of fused-ring (bicyclic) bond motifs is 1. The second-order valence-electron chi connectivity index (χ2n) is 4.86. The Hall–Kier alpha value is -3.14. The zero-order chi connectivity index (χ0) is 15.7. The summed E-state index contributed by atoms with van der Waals surface area (Å²) in [5.74, 6) is 0.228. The maximum Gasteiger partial charge on any atom is 0.148 e. The fraction of sp³-hybridized carbons (Fsp3) is 0.133. The molecule has 2 heterocycles. The van der Waals surface area contributed by atoms with E-state index in [0.717, 1.165) is 5.56 Å². The number of nitrogens with two attached hydrogens (primary N) is 2. The molecule has 0 fully saturated rings. The molecule has 3 aromatic rings. The van der Waals surface area contributed by atoms with E-state index in [2.05, 4.69) is 9.97 Å².